The Morgan fingerprint density at radius 3 is 2.38 bits per heavy atom. The van der Waals surface area contributed by atoms with Gasteiger partial charge in [0, 0.05) is 16.7 Å². The zero-order valence-electron chi connectivity index (χ0n) is 36.0. The third-order valence-electron chi connectivity index (χ3n) is 15.5. The molecule has 5 aliphatic carbocycles. The van der Waals surface area contributed by atoms with Gasteiger partial charge >= 0.3 is 16.9 Å². The number of benzene rings is 1. The van der Waals surface area contributed by atoms with Gasteiger partial charge in [0.05, 0.1) is 34.3 Å². The number of carbonyl (C=O) groups excluding carboxylic acids is 4. The predicted molar refractivity (Wildman–Crippen MR) is 217 cm³/mol. The summed E-state index contributed by atoms with van der Waals surface area (Å²) in [5.41, 5.74) is -2.16. The molecule has 2 aromatic rings. The number of amides is 1. The van der Waals surface area contributed by atoms with Crippen LogP contribution in [-0.2, 0) is 38.5 Å². The van der Waals surface area contributed by atoms with Gasteiger partial charge < -0.3 is 24.7 Å². The number of fused-ring (bicyclic) bond motifs is 7. The van der Waals surface area contributed by atoms with Crippen molar-refractivity contribution in [3.8, 4) is 11.9 Å². The lowest BCUT2D eigenvalue weighted by Gasteiger charge is -2.69. The van der Waals surface area contributed by atoms with Crippen LogP contribution in [-0.4, -0.2) is 70.0 Å². The van der Waals surface area contributed by atoms with Gasteiger partial charge in [-0.15, -0.1) is 0 Å². The molecule has 0 radical (unpaired) electrons. The fourth-order valence-corrected chi connectivity index (χ4v) is 13.5. The van der Waals surface area contributed by atoms with E-state index in [0.29, 0.717) is 25.7 Å². The van der Waals surface area contributed by atoms with Crippen LogP contribution in [0.4, 0.5) is 0 Å². The molecule has 15 nitrogen and oxygen atoms in total. The number of ether oxygens (including phenoxy) is 3. The second-order valence-electron chi connectivity index (χ2n) is 19.6. The molecule has 5 aliphatic rings. The molecule has 61 heavy (non-hydrogen) atoms. The molecule has 0 spiro atoms. The van der Waals surface area contributed by atoms with Gasteiger partial charge in [-0.2, -0.15) is 5.26 Å². The molecule has 1 heterocycles. The van der Waals surface area contributed by atoms with E-state index in [-0.39, 0.29) is 83.1 Å². The van der Waals surface area contributed by atoms with E-state index in [1.165, 1.54) is 24.3 Å². The summed E-state index contributed by atoms with van der Waals surface area (Å²) in [6.45, 7) is 14.0. The van der Waals surface area contributed by atoms with Gasteiger partial charge in [-0.3, -0.25) is 23.8 Å². The number of nitrogens with one attached hydrogen (secondary N) is 1. The summed E-state index contributed by atoms with van der Waals surface area (Å²) in [7, 11) is -4.27. The maximum atomic E-state index is 14.8. The summed E-state index contributed by atoms with van der Waals surface area (Å²) in [5.74, 6) is -2.35. The second kappa shape index (κ2) is 15.5. The highest BCUT2D eigenvalue weighted by atomic mass is 32.2. The summed E-state index contributed by atoms with van der Waals surface area (Å²) in [5, 5.41) is 27.6. The van der Waals surface area contributed by atoms with Crippen LogP contribution >= 0.6 is 0 Å². The van der Waals surface area contributed by atoms with E-state index < -0.39 is 59.7 Å². The lowest BCUT2D eigenvalue weighted by atomic mass is 9.34. The maximum Gasteiger partial charge on any atom is 0.415 e. The van der Waals surface area contributed by atoms with Gasteiger partial charge in [0.25, 0.3) is 9.84 Å². The molecule has 16 heteroatoms. The number of esters is 1. The molecule has 7 rings (SSSR count). The Morgan fingerprint density at radius 1 is 0.984 bits per heavy atom. The van der Waals surface area contributed by atoms with Crippen LogP contribution in [0.5, 0.6) is 5.88 Å². The molecule has 1 amide bonds. The molecule has 0 aliphatic heterocycles. The lowest BCUT2D eigenvalue weighted by molar-refractivity contribution is -0.832. The number of sulfone groups is 1. The van der Waals surface area contributed by atoms with Crippen molar-refractivity contribution in [2.45, 2.75) is 103 Å². The number of allylic oxidation sites excluding steroid dienone is 4. The van der Waals surface area contributed by atoms with Crippen molar-refractivity contribution in [2.75, 3.05) is 33.0 Å². The minimum Gasteiger partial charge on any atom is -0.462 e. The Hall–Kier alpha value is -4.88. The molecule has 1 N–H and O–H groups in total. The molecular formula is C45H56N4O11S. The quantitative estimate of drug-likeness (QED) is 0.160. The number of Topliss-reactive ketones (excluding diaryl/α,β-unsaturated/α-hetero) is 1. The van der Waals surface area contributed by atoms with E-state index in [2.05, 4.69) is 55.8 Å². The largest absolute Gasteiger partial charge is 0.462 e. The normalized spacial score (nSPS) is 32.4. The second-order valence-corrected chi connectivity index (χ2v) is 21.5. The minimum atomic E-state index is -4.27. The van der Waals surface area contributed by atoms with Gasteiger partial charge in [0.1, 0.15) is 25.8 Å². The van der Waals surface area contributed by atoms with Gasteiger partial charge in [0.2, 0.25) is 5.91 Å². The Balaban J connectivity index is 0.978. The van der Waals surface area contributed by atoms with E-state index in [1.807, 2.05) is 26.0 Å². The Bertz CT molecular complexity index is 2350. The first-order valence-corrected chi connectivity index (χ1v) is 22.6. The first-order valence-electron chi connectivity index (χ1n) is 21.1. The number of carbonyl (C=O) groups is 4. The van der Waals surface area contributed by atoms with Gasteiger partial charge in [-0.25, -0.2) is 8.42 Å². The number of nitrogens with zero attached hydrogens (tertiary/aromatic N) is 3. The van der Waals surface area contributed by atoms with E-state index in [4.69, 9.17) is 14.2 Å². The van der Waals surface area contributed by atoms with Crippen LogP contribution in [0, 0.1) is 66.8 Å². The zero-order chi connectivity index (χ0) is 44.4. The van der Waals surface area contributed by atoms with Crippen LogP contribution in [0.1, 0.15) is 93.4 Å². The van der Waals surface area contributed by atoms with Gasteiger partial charge in [0.15, 0.2) is 11.6 Å². The lowest BCUT2D eigenvalue weighted by Crippen LogP contribution is -2.66. The van der Waals surface area contributed by atoms with Crippen LogP contribution in [0.3, 0.4) is 0 Å². The van der Waals surface area contributed by atoms with Crippen LogP contribution < -0.4 is 15.0 Å². The first kappa shape index (κ1) is 44.2. The third-order valence-corrected chi connectivity index (χ3v) is 17.2. The molecule has 3 fully saturated rings. The Morgan fingerprint density at radius 2 is 1.67 bits per heavy atom. The molecule has 3 saturated carbocycles. The molecule has 328 valence electrons. The monoisotopic (exact) mass is 860 g/mol. The smallest absolute Gasteiger partial charge is 0.415 e. The summed E-state index contributed by atoms with van der Waals surface area (Å²) in [4.78, 5) is 55.2. The van der Waals surface area contributed by atoms with Gasteiger partial charge in [-0.05, 0) is 96.1 Å². The van der Waals surface area contributed by atoms with E-state index >= 15 is 0 Å². The fourth-order valence-electron chi connectivity index (χ4n) is 12.2. The highest BCUT2D eigenvalue weighted by Crippen LogP contribution is 2.74. The van der Waals surface area contributed by atoms with Crippen LogP contribution in [0.25, 0.3) is 0 Å². The number of aromatic nitrogens is 2. The summed E-state index contributed by atoms with van der Waals surface area (Å²) >= 11 is 0. The molecule has 7 atom stereocenters. The SMILES string of the molecule is CC1(C)CC[C@]2(C(=O)NCC(=O)OCCOCCOc3no[n+]([O-])c3S(=O)(=O)c3ccccc3)CC[C@]3(C)[C@H](C(=O)C=C4[C@@]5(C)C=C(C#N)C(=O)C(C)(C)[C@@H]5CC[C@]43C)[C@@H]2C1. The number of ketones is 2. The standard InChI is InChI=1S/C45H56N4O11S/c1-40(2)15-17-45(39(53)47-27-34(51)58-21-19-57-20-22-59-37-38(49(54)60-48-37)61(55,56)29-11-9-8-10-12-29)18-16-44(7)35(30(45)25-40)31(50)23-33-42(5)24-28(26-46)36(52)41(3,4)32(42)13-14-43(33,44)6/h8-12,23-24,30,32,35H,13-22,25,27H2,1-7H3,(H,47,53)/t30-,32-,35-,42-,43+,44+,45-/m0/s1. The van der Waals surface area contributed by atoms with E-state index in [1.54, 1.807) is 6.07 Å². The van der Waals surface area contributed by atoms with E-state index in [9.17, 15) is 38.1 Å². The molecule has 1 aromatic heterocycles. The third kappa shape index (κ3) is 7.09. The molecule has 0 unspecified atom stereocenters. The number of hydrogen-bond acceptors (Lipinski definition) is 13. The Kier molecular flexibility index (Phi) is 11.2. The highest BCUT2D eigenvalue weighted by molar-refractivity contribution is 7.91. The Labute approximate surface area is 356 Å². The van der Waals surface area contributed by atoms with Crippen LogP contribution in [0.15, 0.2) is 68.2 Å². The van der Waals surface area contributed by atoms with Gasteiger partial charge in [-0.1, -0.05) is 78.3 Å². The minimum absolute atomic E-state index is 0.00409. The van der Waals surface area contributed by atoms with Crippen molar-refractivity contribution < 1.29 is 51.3 Å². The zero-order valence-corrected chi connectivity index (χ0v) is 36.8. The summed E-state index contributed by atoms with van der Waals surface area (Å²) < 4.78 is 46.5. The van der Waals surface area contributed by atoms with Crippen LogP contribution in [0.2, 0.25) is 0 Å². The summed E-state index contributed by atoms with van der Waals surface area (Å²) in [6, 6.07) is 9.45. The molecule has 0 bridgehead atoms. The number of nitriles is 1. The van der Waals surface area contributed by atoms with Crippen molar-refractivity contribution >= 4 is 33.3 Å². The van der Waals surface area contributed by atoms with Crippen molar-refractivity contribution in [1.82, 2.24) is 10.5 Å². The predicted octanol–water partition coefficient (Wildman–Crippen LogP) is 5.42. The van der Waals surface area contributed by atoms with Crippen molar-refractivity contribution in [1.29, 1.82) is 5.26 Å². The molecule has 0 saturated heterocycles. The maximum absolute atomic E-state index is 14.8. The number of hydrogen-bond donors (Lipinski definition) is 1. The number of rotatable bonds is 12. The first-order chi connectivity index (χ1) is 28.6. The van der Waals surface area contributed by atoms with Crippen molar-refractivity contribution in [3.05, 3.63) is 58.8 Å². The summed E-state index contributed by atoms with van der Waals surface area (Å²) in [6.07, 6.45) is 8.44. The van der Waals surface area contributed by atoms with Crippen molar-refractivity contribution in [2.24, 2.45) is 50.2 Å². The average molecular weight is 861 g/mol. The molecule has 1 aromatic carbocycles. The van der Waals surface area contributed by atoms with Crippen molar-refractivity contribution in [3.63, 3.8) is 0 Å². The molecular weight excluding hydrogens is 805 g/mol. The fraction of sp³-hybridized carbons (Fsp3) is 0.622. The van der Waals surface area contributed by atoms with E-state index in [0.717, 1.165) is 24.8 Å². The topological polar surface area (TPSA) is 219 Å². The highest BCUT2D eigenvalue weighted by Gasteiger charge is 2.71. The average Bonchev–Trinajstić information content (AvgIpc) is 3.59.